The molecule has 1 aliphatic rings. The summed E-state index contributed by atoms with van der Waals surface area (Å²) in [7, 11) is 0. The van der Waals surface area contributed by atoms with Crippen molar-refractivity contribution in [3.63, 3.8) is 0 Å². The Bertz CT molecular complexity index is 2520. The number of benzene rings is 8. The van der Waals surface area contributed by atoms with Gasteiger partial charge in [-0.2, -0.15) is 0 Å². The number of nitrogens with zero attached hydrogens (tertiary/aromatic N) is 1. The summed E-state index contributed by atoms with van der Waals surface area (Å²) < 4.78 is 0. The first-order valence-electron chi connectivity index (χ1n) is 17.1. The van der Waals surface area contributed by atoms with Crippen molar-refractivity contribution in [3.05, 3.63) is 222 Å². The Morgan fingerprint density at radius 3 is 1.74 bits per heavy atom. The number of fused-ring (bicyclic) bond motifs is 4. The van der Waals surface area contributed by atoms with Gasteiger partial charge in [-0.05, 0) is 98.2 Å². The molecule has 50 heavy (non-hydrogen) atoms. The maximum Gasteiger partial charge on any atom is 0.108 e. The lowest BCUT2D eigenvalue weighted by molar-refractivity contribution is 0.837. The van der Waals surface area contributed by atoms with Gasteiger partial charge < -0.3 is 4.90 Å². The highest BCUT2D eigenvalue weighted by Crippen LogP contribution is 2.54. The molecule has 8 aromatic carbocycles. The van der Waals surface area contributed by atoms with E-state index >= 15 is 0 Å². The van der Waals surface area contributed by atoms with E-state index in [1.807, 2.05) is 0 Å². The lowest BCUT2D eigenvalue weighted by Gasteiger charge is -2.30. The summed E-state index contributed by atoms with van der Waals surface area (Å²) in [6.45, 7) is 0. The van der Waals surface area contributed by atoms with Crippen molar-refractivity contribution in [2.24, 2.45) is 0 Å². The van der Waals surface area contributed by atoms with E-state index in [0.29, 0.717) is 0 Å². The molecular formula is C49H33N. The van der Waals surface area contributed by atoms with E-state index in [0.717, 1.165) is 28.2 Å². The minimum Gasteiger partial charge on any atom is -0.310 e. The molecule has 1 aliphatic carbocycles. The third-order valence-electron chi connectivity index (χ3n) is 9.88. The number of rotatable bonds is 5. The lowest BCUT2D eigenvalue weighted by Crippen LogP contribution is -2.25. The number of hydrogen-bond acceptors (Lipinski definition) is 1. The van der Waals surface area contributed by atoms with Gasteiger partial charge in [0.05, 0.1) is 0 Å². The molecule has 0 saturated heterocycles. The predicted octanol–water partition coefficient (Wildman–Crippen LogP) is 12.3. The fraction of sp³-hybridized carbons (Fsp3) is 0.0204. The highest BCUT2D eigenvalue weighted by atomic mass is 15.1. The lowest BCUT2D eigenvalue weighted by atomic mass is 9.72. The van der Waals surface area contributed by atoms with Gasteiger partial charge >= 0.3 is 0 Å². The summed E-state index contributed by atoms with van der Waals surface area (Å²) in [4.78, 5) is 2.35. The van der Waals surface area contributed by atoms with Gasteiger partial charge in [0.15, 0.2) is 0 Å². The van der Waals surface area contributed by atoms with Crippen LogP contribution in [0, 0.1) is 11.8 Å². The van der Waals surface area contributed by atoms with Gasteiger partial charge in [0.2, 0.25) is 0 Å². The molecule has 0 fully saturated rings. The number of anilines is 3. The molecule has 0 radical (unpaired) electrons. The molecule has 0 bridgehead atoms. The molecule has 0 aromatic heterocycles. The van der Waals surface area contributed by atoms with Gasteiger partial charge in [-0.1, -0.05) is 164 Å². The Balaban J connectivity index is 1.25. The Labute approximate surface area is 293 Å². The third-order valence-corrected chi connectivity index (χ3v) is 9.88. The summed E-state index contributed by atoms with van der Waals surface area (Å²) in [5, 5.41) is 2.41. The third kappa shape index (κ3) is 5.07. The van der Waals surface area contributed by atoms with Crippen molar-refractivity contribution in [3.8, 4) is 34.1 Å². The molecule has 9 rings (SSSR count). The second-order valence-corrected chi connectivity index (χ2v) is 12.8. The second-order valence-electron chi connectivity index (χ2n) is 12.8. The fourth-order valence-electron chi connectivity index (χ4n) is 7.50. The molecule has 0 amide bonds. The van der Waals surface area contributed by atoms with Crippen LogP contribution in [0.25, 0.3) is 33.0 Å². The zero-order chi connectivity index (χ0) is 33.3. The summed E-state index contributed by atoms with van der Waals surface area (Å²) in [6.07, 6.45) is 0. The molecule has 1 nitrogen and oxygen atoms in total. The maximum absolute atomic E-state index is 3.91. The standard InChI is InChI=1S/C49H33N/c1-4-14-37(15-5-1)39-26-28-43(29-27-39)50(42-20-8-3-9-21-42)44-30-31-46-45-22-12-13-23-47(45)49(48(46)35-44,41-18-6-2-7-19-41)33-32-36-24-25-38-16-10-11-17-40(38)34-36/h1-31,34-35H. The van der Waals surface area contributed by atoms with Crippen LogP contribution >= 0.6 is 0 Å². The van der Waals surface area contributed by atoms with E-state index in [2.05, 4.69) is 217 Å². The molecule has 0 aliphatic heterocycles. The van der Waals surface area contributed by atoms with Crippen LogP contribution < -0.4 is 4.90 Å². The van der Waals surface area contributed by atoms with Crippen LogP contribution in [0.15, 0.2) is 200 Å². The van der Waals surface area contributed by atoms with E-state index in [1.165, 1.54) is 44.2 Å². The summed E-state index contributed by atoms with van der Waals surface area (Å²) in [5.74, 6) is 7.58. The van der Waals surface area contributed by atoms with Crippen LogP contribution in [0.1, 0.15) is 22.3 Å². The summed E-state index contributed by atoms with van der Waals surface area (Å²) >= 11 is 0. The van der Waals surface area contributed by atoms with Gasteiger partial charge in [-0.15, -0.1) is 0 Å². The molecule has 8 aromatic rings. The van der Waals surface area contributed by atoms with Gasteiger partial charge in [-0.3, -0.25) is 0 Å². The normalized spacial score (nSPS) is 14.3. The molecule has 0 heterocycles. The molecule has 1 unspecified atom stereocenters. The first-order valence-corrected chi connectivity index (χ1v) is 17.1. The topological polar surface area (TPSA) is 3.24 Å². The van der Waals surface area contributed by atoms with Crippen LogP contribution in [0.2, 0.25) is 0 Å². The van der Waals surface area contributed by atoms with Gasteiger partial charge in [0, 0.05) is 22.6 Å². The first kappa shape index (κ1) is 29.5. The van der Waals surface area contributed by atoms with Crippen LogP contribution in [0.4, 0.5) is 17.1 Å². The Morgan fingerprint density at radius 2 is 0.960 bits per heavy atom. The molecule has 0 saturated carbocycles. The van der Waals surface area contributed by atoms with Crippen molar-refractivity contribution in [1.82, 2.24) is 0 Å². The van der Waals surface area contributed by atoms with Gasteiger partial charge in [0.1, 0.15) is 5.41 Å². The maximum atomic E-state index is 3.91. The quantitative estimate of drug-likeness (QED) is 0.170. The minimum absolute atomic E-state index is 0.672. The van der Waals surface area contributed by atoms with Gasteiger partial charge in [-0.25, -0.2) is 0 Å². The van der Waals surface area contributed by atoms with Gasteiger partial charge in [0.25, 0.3) is 0 Å². The van der Waals surface area contributed by atoms with E-state index in [9.17, 15) is 0 Å². The van der Waals surface area contributed by atoms with Crippen molar-refractivity contribution in [2.45, 2.75) is 5.41 Å². The number of para-hydroxylation sites is 1. The fourth-order valence-corrected chi connectivity index (χ4v) is 7.50. The van der Waals surface area contributed by atoms with E-state index in [4.69, 9.17) is 0 Å². The first-order chi connectivity index (χ1) is 24.8. The largest absolute Gasteiger partial charge is 0.310 e. The van der Waals surface area contributed by atoms with Crippen LogP contribution in [-0.2, 0) is 5.41 Å². The number of hydrogen-bond donors (Lipinski definition) is 0. The highest BCUT2D eigenvalue weighted by molar-refractivity contribution is 5.90. The zero-order valence-corrected chi connectivity index (χ0v) is 27.5. The molecular weight excluding hydrogens is 603 g/mol. The van der Waals surface area contributed by atoms with Crippen molar-refractivity contribution < 1.29 is 0 Å². The average Bonchev–Trinajstić information content (AvgIpc) is 3.48. The van der Waals surface area contributed by atoms with Crippen molar-refractivity contribution >= 4 is 27.8 Å². The Morgan fingerprint density at radius 1 is 0.380 bits per heavy atom. The molecule has 1 heteroatoms. The van der Waals surface area contributed by atoms with E-state index in [1.54, 1.807) is 0 Å². The van der Waals surface area contributed by atoms with E-state index in [-0.39, 0.29) is 0 Å². The zero-order valence-electron chi connectivity index (χ0n) is 27.5. The highest BCUT2D eigenvalue weighted by Gasteiger charge is 2.44. The molecule has 1 atom stereocenters. The molecule has 234 valence electrons. The van der Waals surface area contributed by atoms with Crippen LogP contribution in [-0.4, -0.2) is 0 Å². The Hall–Kier alpha value is -6.62. The summed E-state index contributed by atoms with van der Waals surface area (Å²) in [5.41, 5.74) is 12.0. The Kier molecular flexibility index (Phi) is 7.34. The smallest absolute Gasteiger partial charge is 0.108 e. The SMILES string of the molecule is C(#CC1(c2ccccc2)c2ccccc2-c2ccc(N(c3ccccc3)c3ccc(-c4ccccc4)cc3)cc21)c1ccc2ccccc2c1. The second kappa shape index (κ2) is 12.4. The van der Waals surface area contributed by atoms with Crippen LogP contribution in [0.5, 0.6) is 0 Å². The monoisotopic (exact) mass is 635 g/mol. The summed E-state index contributed by atoms with van der Waals surface area (Å²) in [6, 6.07) is 71.6. The van der Waals surface area contributed by atoms with E-state index < -0.39 is 5.41 Å². The average molecular weight is 636 g/mol. The minimum atomic E-state index is -0.672. The predicted molar refractivity (Wildman–Crippen MR) is 209 cm³/mol. The van der Waals surface area contributed by atoms with Crippen LogP contribution in [0.3, 0.4) is 0 Å². The van der Waals surface area contributed by atoms with Crippen molar-refractivity contribution in [2.75, 3.05) is 4.90 Å². The molecule has 0 N–H and O–H groups in total. The molecule has 0 spiro atoms. The van der Waals surface area contributed by atoms with Crippen molar-refractivity contribution in [1.29, 1.82) is 0 Å².